The number of rotatable bonds is 8. The molecule has 0 saturated carbocycles. The van der Waals surface area contributed by atoms with Crippen LogP contribution in [0.4, 0.5) is 5.69 Å². The van der Waals surface area contributed by atoms with Crippen LogP contribution >= 0.6 is 11.3 Å². The molecule has 0 radical (unpaired) electrons. The maximum absolute atomic E-state index is 13.8. The summed E-state index contributed by atoms with van der Waals surface area (Å²) < 4.78 is 7.00. The van der Waals surface area contributed by atoms with Crippen molar-refractivity contribution in [3.8, 4) is 27.6 Å². The molecular weight excluding hydrogens is 460 g/mol. The summed E-state index contributed by atoms with van der Waals surface area (Å²) in [5.74, 6) is 0.459. The number of amides is 1. The molecule has 180 valence electrons. The lowest BCUT2D eigenvalue weighted by molar-refractivity contribution is -0.118. The highest BCUT2D eigenvalue weighted by Crippen LogP contribution is 2.30. The summed E-state index contributed by atoms with van der Waals surface area (Å²) in [7, 11) is 1.62. The summed E-state index contributed by atoms with van der Waals surface area (Å²) in [6, 6.07) is 13.2. The first kappa shape index (κ1) is 24.3. The van der Waals surface area contributed by atoms with Gasteiger partial charge >= 0.3 is 0 Å². The minimum absolute atomic E-state index is 0.101. The highest BCUT2D eigenvalue weighted by atomic mass is 32.1. The van der Waals surface area contributed by atoms with Crippen molar-refractivity contribution in [3.63, 3.8) is 0 Å². The highest BCUT2D eigenvalue weighted by Gasteiger charge is 2.20. The van der Waals surface area contributed by atoms with Gasteiger partial charge in [-0.25, -0.2) is 4.98 Å². The fourth-order valence-electron chi connectivity index (χ4n) is 3.76. The van der Waals surface area contributed by atoms with E-state index in [2.05, 4.69) is 10.3 Å². The second-order valence-corrected chi connectivity index (χ2v) is 9.29. The first-order valence-corrected chi connectivity index (χ1v) is 12.4. The molecule has 8 heteroatoms. The van der Waals surface area contributed by atoms with Crippen molar-refractivity contribution in [2.45, 2.75) is 33.7 Å². The van der Waals surface area contributed by atoms with E-state index in [9.17, 15) is 9.59 Å². The SMILES string of the molecule is CCc1c(NC(=O)C(C)C)cc(-c2csc(-c3ccncc3)n2)c(=O)n1Cc1ccc(OC)cc1. The number of aromatic nitrogens is 3. The molecule has 1 aromatic carbocycles. The topological polar surface area (TPSA) is 86.1 Å². The van der Waals surface area contributed by atoms with E-state index in [0.717, 1.165) is 27.6 Å². The van der Waals surface area contributed by atoms with Crippen molar-refractivity contribution in [1.29, 1.82) is 0 Å². The Morgan fingerprint density at radius 1 is 1.14 bits per heavy atom. The van der Waals surface area contributed by atoms with Crippen LogP contribution in [-0.2, 0) is 17.8 Å². The third-order valence-electron chi connectivity index (χ3n) is 5.73. The van der Waals surface area contributed by atoms with Crippen molar-refractivity contribution in [2.24, 2.45) is 5.92 Å². The van der Waals surface area contributed by atoms with Crippen molar-refractivity contribution in [3.05, 3.63) is 81.8 Å². The molecule has 0 aliphatic carbocycles. The van der Waals surface area contributed by atoms with Gasteiger partial charge in [0.25, 0.3) is 5.56 Å². The average molecular weight is 489 g/mol. The number of ether oxygens (including phenoxy) is 1. The summed E-state index contributed by atoms with van der Waals surface area (Å²) in [5.41, 5.74) is 4.18. The van der Waals surface area contributed by atoms with E-state index in [4.69, 9.17) is 9.72 Å². The molecular formula is C27H28N4O3S. The molecule has 35 heavy (non-hydrogen) atoms. The number of benzene rings is 1. The van der Waals surface area contributed by atoms with Crippen LogP contribution in [0.2, 0.25) is 0 Å². The Balaban J connectivity index is 1.84. The smallest absolute Gasteiger partial charge is 0.260 e. The Morgan fingerprint density at radius 2 is 1.86 bits per heavy atom. The molecule has 0 fully saturated rings. The molecule has 0 bridgehead atoms. The van der Waals surface area contributed by atoms with Crippen LogP contribution in [-0.4, -0.2) is 27.6 Å². The van der Waals surface area contributed by atoms with Crippen LogP contribution in [0.3, 0.4) is 0 Å². The van der Waals surface area contributed by atoms with E-state index in [1.807, 2.05) is 62.5 Å². The van der Waals surface area contributed by atoms with E-state index in [1.54, 1.807) is 30.1 Å². The molecule has 4 aromatic rings. The largest absolute Gasteiger partial charge is 0.497 e. The second-order valence-electron chi connectivity index (χ2n) is 8.43. The predicted octanol–water partition coefficient (Wildman–Crippen LogP) is 5.25. The molecule has 0 spiro atoms. The fraction of sp³-hybridized carbons (Fsp3) is 0.259. The lowest BCUT2D eigenvalue weighted by atomic mass is 10.1. The number of pyridine rings is 2. The number of nitrogens with one attached hydrogen (secondary N) is 1. The van der Waals surface area contributed by atoms with Crippen LogP contribution in [0, 0.1) is 5.92 Å². The normalized spacial score (nSPS) is 11.0. The van der Waals surface area contributed by atoms with Crippen LogP contribution < -0.4 is 15.6 Å². The van der Waals surface area contributed by atoms with Gasteiger partial charge in [0.05, 0.1) is 30.6 Å². The third-order valence-corrected chi connectivity index (χ3v) is 6.62. The predicted molar refractivity (Wildman–Crippen MR) is 140 cm³/mol. The number of carbonyl (C=O) groups is 1. The number of methoxy groups -OCH3 is 1. The molecule has 0 unspecified atom stereocenters. The monoisotopic (exact) mass is 488 g/mol. The average Bonchev–Trinajstić information content (AvgIpc) is 3.37. The Morgan fingerprint density at radius 3 is 2.49 bits per heavy atom. The van der Waals surface area contributed by atoms with Gasteiger partial charge in [-0.2, -0.15) is 0 Å². The maximum Gasteiger partial charge on any atom is 0.260 e. The second kappa shape index (κ2) is 10.7. The first-order valence-electron chi connectivity index (χ1n) is 11.5. The van der Waals surface area contributed by atoms with E-state index in [1.165, 1.54) is 11.3 Å². The summed E-state index contributed by atoms with van der Waals surface area (Å²) in [5, 5.41) is 5.71. The Bertz CT molecular complexity index is 1380. The van der Waals surface area contributed by atoms with Crippen molar-refractivity contribution in [1.82, 2.24) is 14.5 Å². The Kier molecular flexibility index (Phi) is 7.41. The molecule has 0 aliphatic heterocycles. The first-order chi connectivity index (χ1) is 16.9. The molecule has 1 N–H and O–H groups in total. The molecule has 0 atom stereocenters. The van der Waals surface area contributed by atoms with E-state index >= 15 is 0 Å². The van der Waals surface area contributed by atoms with Gasteiger partial charge in [0.15, 0.2) is 0 Å². The zero-order valence-electron chi connectivity index (χ0n) is 20.2. The molecule has 3 aromatic heterocycles. The van der Waals surface area contributed by atoms with Gasteiger partial charge < -0.3 is 14.6 Å². The summed E-state index contributed by atoms with van der Waals surface area (Å²) in [4.78, 5) is 35.2. The van der Waals surface area contributed by atoms with E-state index in [0.29, 0.717) is 29.9 Å². The molecule has 7 nitrogen and oxygen atoms in total. The molecule has 1 amide bonds. The van der Waals surface area contributed by atoms with Gasteiger partial charge in [0.1, 0.15) is 10.8 Å². The van der Waals surface area contributed by atoms with Crippen LogP contribution in [0.1, 0.15) is 32.0 Å². The molecule has 3 heterocycles. The van der Waals surface area contributed by atoms with Crippen LogP contribution in [0.25, 0.3) is 21.8 Å². The summed E-state index contributed by atoms with van der Waals surface area (Å²) >= 11 is 1.47. The minimum Gasteiger partial charge on any atom is -0.497 e. The number of hydrogen-bond acceptors (Lipinski definition) is 6. The number of anilines is 1. The van der Waals surface area contributed by atoms with E-state index < -0.39 is 0 Å². The van der Waals surface area contributed by atoms with Gasteiger partial charge in [-0.3, -0.25) is 14.6 Å². The van der Waals surface area contributed by atoms with Crippen molar-refractivity contribution >= 4 is 22.9 Å². The van der Waals surface area contributed by atoms with Gasteiger partial charge in [-0.1, -0.05) is 32.9 Å². The number of hydrogen-bond donors (Lipinski definition) is 1. The standard InChI is InChI=1S/C27H28N4O3S/c1-5-24-22(29-25(32)17(2)3)14-21(23-16-35-26(30-23)19-10-12-28-13-11-19)27(33)31(24)15-18-6-8-20(34-4)9-7-18/h6-14,16-17H,5,15H2,1-4H3,(H,29,32). The number of nitrogens with zero attached hydrogens (tertiary/aromatic N) is 3. The maximum atomic E-state index is 13.8. The lowest BCUT2D eigenvalue weighted by Crippen LogP contribution is -2.28. The highest BCUT2D eigenvalue weighted by molar-refractivity contribution is 7.13. The fourth-order valence-corrected chi connectivity index (χ4v) is 4.58. The summed E-state index contributed by atoms with van der Waals surface area (Å²) in [6.07, 6.45) is 4.01. The van der Waals surface area contributed by atoms with Crippen molar-refractivity contribution < 1.29 is 9.53 Å². The third kappa shape index (κ3) is 5.33. The van der Waals surface area contributed by atoms with Gasteiger partial charge in [0.2, 0.25) is 5.91 Å². The minimum atomic E-state index is -0.192. The van der Waals surface area contributed by atoms with Gasteiger partial charge in [0, 0.05) is 34.9 Å². The Labute approximate surface area is 208 Å². The zero-order valence-corrected chi connectivity index (χ0v) is 21.1. The van der Waals surface area contributed by atoms with Crippen LogP contribution in [0.5, 0.6) is 5.75 Å². The quantitative estimate of drug-likeness (QED) is 0.366. The number of thiazole rings is 1. The molecule has 0 aliphatic rings. The van der Waals surface area contributed by atoms with Crippen LogP contribution in [0.15, 0.2) is 65.0 Å². The van der Waals surface area contributed by atoms with E-state index in [-0.39, 0.29) is 17.4 Å². The molecule has 0 saturated heterocycles. The molecule has 4 rings (SSSR count). The van der Waals surface area contributed by atoms with Gasteiger partial charge in [-0.15, -0.1) is 11.3 Å². The zero-order chi connectivity index (χ0) is 24.9. The Hall–Kier alpha value is -3.78. The summed E-state index contributed by atoms with van der Waals surface area (Å²) in [6.45, 7) is 6.04. The van der Waals surface area contributed by atoms with Crippen molar-refractivity contribution in [2.75, 3.05) is 12.4 Å². The van der Waals surface area contributed by atoms with Gasteiger partial charge in [-0.05, 0) is 42.3 Å². The number of carbonyl (C=O) groups excluding carboxylic acids is 1. The lowest BCUT2D eigenvalue weighted by Gasteiger charge is -2.19.